The van der Waals surface area contributed by atoms with Gasteiger partial charge in [-0.2, -0.15) is 0 Å². The van der Waals surface area contributed by atoms with Gasteiger partial charge in [-0.15, -0.1) is 0 Å². The van der Waals surface area contributed by atoms with Crippen molar-refractivity contribution in [1.82, 2.24) is 4.31 Å². The average Bonchev–Trinajstić information content (AvgIpc) is 2.14. The summed E-state index contributed by atoms with van der Waals surface area (Å²) in [5, 5.41) is 0. The van der Waals surface area contributed by atoms with Crippen LogP contribution in [0.2, 0.25) is 0 Å². The van der Waals surface area contributed by atoms with Crippen LogP contribution in [0, 0.1) is 0 Å². The Kier molecular flexibility index (Phi) is 3.58. The molecule has 0 unspecified atom stereocenters. The van der Waals surface area contributed by atoms with Crippen molar-refractivity contribution in [3.63, 3.8) is 0 Å². The van der Waals surface area contributed by atoms with Crippen LogP contribution in [0.4, 0.5) is 0 Å². The molecule has 2 nitrogen and oxygen atoms in total. The summed E-state index contributed by atoms with van der Waals surface area (Å²) >= 11 is 1.46. The predicted octanol–water partition coefficient (Wildman–Crippen LogP) is 2.95. The number of amides is 1. The highest BCUT2D eigenvalue weighted by Gasteiger charge is 2.20. The van der Waals surface area contributed by atoms with E-state index in [1.54, 1.807) is 4.31 Å². The third kappa shape index (κ3) is 3.07. The molecule has 3 heteroatoms. The fourth-order valence-electron chi connectivity index (χ4n) is 0.911. The van der Waals surface area contributed by atoms with E-state index in [1.807, 2.05) is 51.1 Å². The van der Waals surface area contributed by atoms with E-state index in [2.05, 4.69) is 0 Å². The normalized spacial score (nSPS) is 11.1. The van der Waals surface area contributed by atoms with Gasteiger partial charge in [0.25, 0.3) is 0 Å². The lowest BCUT2D eigenvalue weighted by Gasteiger charge is -2.30. The molecule has 0 bridgehead atoms. The molecule has 1 aromatic rings. The minimum absolute atomic E-state index is 0.151. The molecule has 0 aromatic heterocycles. The van der Waals surface area contributed by atoms with E-state index in [0.29, 0.717) is 0 Å². The topological polar surface area (TPSA) is 20.3 Å². The van der Waals surface area contributed by atoms with Crippen LogP contribution in [0.1, 0.15) is 20.8 Å². The number of hydrogen-bond donors (Lipinski definition) is 0. The summed E-state index contributed by atoms with van der Waals surface area (Å²) in [6.45, 7) is 6.03. The molecular formula is C11H15NOS. The summed E-state index contributed by atoms with van der Waals surface area (Å²) < 4.78 is 1.71. The zero-order valence-corrected chi connectivity index (χ0v) is 9.54. The van der Waals surface area contributed by atoms with Crippen LogP contribution in [0.3, 0.4) is 0 Å². The van der Waals surface area contributed by atoms with E-state index in [4.69, 9.17) is 0 Å². The molecule has 14 heavy (non-hydrogen) atoms. The smallest absolute Gasteiger partial charge is 0.220 e. The Bertz CT molecular complexity index is 292. The first-order valence-electron chi connectivity index (χ1n) is 4.51. The summed E-state index contributed by atoms with van der Waals surface area (Å²) in [5.74, 6) is 0. The van der Waals surface area contributed by atoms with E-state index >= 15 is 0 Å². The average molecular weight is 209 g/mol. The molecule has 0 aliphatic rings. The molecule has 0 radical (unpaired) electrons. The van der Waals surface area contributed by atoms with Gasteiger partial charge >= 0.3 is 0 Å². The number of carbonyl (C=O) groups excluding carboxylic acids is 1. The molecule has 0 aliphatic carbocycles. The fraction of sp³-hybridized carbons (Fsp3) is 0.364. The Hall–Kier alpha value is -0.960. The van der Waals surface area contributed by atoms with E-state index in [0.717, 1.165) is 11.3 Å². The van der Waals surface area contributed by atoms with Crippen molar-refractivity contribution < 1.29 is 4.79 Å². The highest BCUT2D eigenvalue weighted by molar-refractivity contribution is 7.97. The van der Waals surface area contributed by atoms with Crippen LogP contribution in [0.25, 0.3) is 0 Å². The lowest BCUT2D eigenvalue weighted by Crippen LogP contribution is -2.34. The standard InChI is InChI=1S/C11H15NOS/c1-11(2,3)12(9-13)14-10-7-5-4-6-8-10/h4-9H,1-3H3. The van der Waals surface area contributed by atoms with Crippen molar-refractivity contribution in [2.75, 3.05) is 0 Å². The Morgan fingerprint density at radius 3 is 2.21 bits per heavy atom. The van der Waals surface area contributed by atoms with Gasteiger partial charge in [-0.1, -0.05) is 18.2 Å². The summed E-state index contributed by atoms with van der Waals surface area (Å²) in [7, 11) is 0. The maximum atomic E-state index is 10.9. The van der Waals surface area contributed by atoms with Crippen LogP contribution >= 0.6 is 11.9 Å². The predicted molar refractivity (Wildman–Crippen MR) is 60.0 cm³/mol. The molecule has 1 amide bonds. The van der Waals surface area contributed by atoms with E-state index < -0.39 is 0 Å². The van der Waals surface area contributed by atoms with Gasteiger partial charge in [0, 0.05) is 10.4 Å². The summed E-state index contributed by atoms with van der Waals surface area (Å²) in [5.41, 5.74) is -0.151. The monoisotopic (exact) mass is 209 g/mol. The van der Waals surface area contributed by atoms with Crippen molar-refractivity contribution in [3.8, 4) is 0 Å². The van der Waals surface area contributed by atoms with Gasteiger partial charge in [0.2, 0.25) is 6.41 Å². The van der Waals surface area contributed by atoms with Crippen LogP contribution in [0.15, 0.2) is 35.2 Å². The first-order chi connectivity index (χ1) is 6.54. The number of rotatable bonds is 3. The number of benzene rings is 1. The van der Waals surface area contributed by atoms with Crippen LogP contribution in [-0.2, 0) is 4.79 Å². The SMILES string of the molecule is CC(C)(C)N(C=O)Sc1ccccc1. The van der Waals surface area contributed by atoms with E-state index in [9.17, 15) is 4.79 Å². The zero-order valence-electron chi connectivity index (χ0n) is 8.73. The minimum atomic E-state index is -0.151. The van der Waals surface area contributed by atoms with E-state index in [1.165, 1.54) is 11.9 Å². The molecule has 1 aromatic carbocycles. The summed E-state index contributed by atoms with van der Waals surface area (Å²) in [4.78, 5) is 11.9. The van der Waals surface area contributed by atoms with Crippen LogP contribution in [-0.4, -0.2) is 16.3 Å². The van der Waals surface area contributed by atoms with Crippen molar-refractivity contribution in [2.45, 2.75) is 31.2 Å². The van der Waals surface area contributed by atoms with Gasteiger partial charge in [-0.25, -0.2) is 0 Å². The molecule has 0 spiro atoms. The second kappa shape index (κ2) is 4.51. The lowest BCUT2D eigenvalue weighted by molar-refractivity contribution is -0.116. The van der Waals surface area contributed by atoms with Gasteiger partial charge in [-0.05, 0) is 44.9 Å². The number of nitrogens with zero attached hydrogens (tertiary/aromatic N) is 1. The van der Waals surface area contributed by atoms with Crippen molar-refractivity contribution in [3.05, 3.63) is 30.3 Å². The van der Waals surface area contributed by atoms with Gasteiger partial charge in [0.15, 0.2) is 0 Å². The Labute approximate surface area is 89.4 Å². The number of hydrogen-bond acceptors (Lipinski definition) is 2. The molecule has 0 fully saturated rings. The highest BCUT2D eigenvalue weighted by atomic mass is 32.2. The van der Waals surface area contributed by atoms with Crippen molar-refractivity contribution >= 4 is 18.4 Å². The largest absolute Gasteiger partial charge is 0.280 e. The molecule has 0 atom stereocenters. The third-order valence-electron chi connectivity index (χ3n) is 1.70. The molecule has 1 rings (SSSR count). The van der Waals surface area contributed by atoms with Crippen LogP contribution in [0.5, 0.6) is 0 Å². The summed E-state index contributed by atoms with van der Waals surface area (Å²) in [6, 6.07) is 9.88. The Morgan fingerprint density at radius 2 is 1.79 bits per heavy atom. The Morgan fingerprint density at radius 1 is 1.21 bits per heavy atom. The van der Waals surface area contributed by atoms with Gasteiger partial charge in [-0.3, -0.25) is 9.10 Å². The highest BCUT2D eigenvalue weighted by Crippen LogP contribution is 2.27. The van der Waals surface area contributed by atoms with E-state index in [-0.39, 0.29) is 5.54 Å². The minimum Gasteiger partial charge on any atom is -0.280 e. The lowest BCUT2D eigenvalue weighted by atomic mass is 10.1. The second-order valence-electron chi connectivity index (χ2n) is 4.01. The first-order valence-corrected chi connectivity index (χ1v) is 5.29. The van der Waals surface area contributed by atoms with Gasteiger partial charge < -0.3 is 0 Å². The van der Waals surface area contributed by atoms with Crippen LogP contribution < -0.4 is 0 Å². The molecule has 0 aliphatic heterocycles. The molecule has 0 saturated heterocycles. The zero-order chi connectivity index (χ0) is 10.6. The fourth-order valence-corrected chi connectivity index (χ4v) is 1.73. The molecule has 76 valence electrons. The first kappa shape index (κ1) is 11.1. The second-order valence-corrected chi connectivity index (χ2v) is 5.05. The molecule has 0 N–H and O–H groups in total. The molecule has 0 saturated carbocycles. The maximum Gasteiger partial charge on any atom is 0.220 e. The quantitative estimate of drug-likeness (QED) is 0.563. The molecule has 0 heterocycles. The van der Waals surface area contributed by atoms with Crippen molar-refractivity contribution in [2.24, 2.45) is 0 Å². The van der Waals surface area contributed by atoms with Crippen molar-refractivity contribution in [1.29, 1.82) is 0 Å². The molecular weight excluding hydrogens is 194 g/mol. The summed E-state index contributed by atoms with van der Waals surface area (Å²) in [6.07, 6.45) is 0.873. The van der Waals surface area contributed by atoms with Gasteiger partial charge in [0.05, 0.1) is 0 Å². The maximum absolute atomic E-state index is 10.9. The number of carbonyl (C=O) groups is 1. The third-order valence-corrected chi connectivity index (χ3v) is 3.02. The Balaban J connectivity index is 2.72. The van der Waals surface area contributed by atoms with Gasteiger partial charge in [0.1, 0.15) is 0 Å².